The second kappa shape index (κ2) is 6.91. The fraction of sp³-hybridized carbons (Fsp3) is 0.625. The van der Waals surface area contributed by atoms with Crippen molar-refractivity contribution < 1.29 is 5.11 Å². The normalized spacial score (nSPS) is 22.9. The SMILES string of the molecule is CC(O)C1CCCCN1CCCc1ccccc1. The number of hydrogen-bond acceptors (Lipinski definition) is 2. The summed E-state index contributed by atoms with van der Waals surface area (Å²) in [4.78, 5) is 2.48. The van der Waals surface area contributed by atoms with Gasteiger partial charge in [0.05, 0.1) is 6.10 Å². The van der Waals surface area contributed by atoms with Gasteiger partial charge in [-0.25, -0.2) is 0 Å². The second-order valence-electron chi connectivity index (χ2n) is 5.43. The monoisotopic (exact) mass is 247 g/mol. The quantitative estimate of drug-likeness (QED) is 0.865. The van der Waals surface area contributed by atoms with E-state index in [0.717, 1.165) is 25.9 Å². The molecule has 0 aliphatic carbocycles. The molecular formula is C16H25NO. The van der Waals surface area contributed by atoms with Gasteiger partial charge in [-0.1, -0.05) is 36.8 Å². The second-order valence-corrected chi connectivity index (χ2v) is 5.43. The summed E-state index contributed by atoms with van der Waals surface area (Å²) in [6.07, 6.45) is 5.85. The van der Waals surface area contributed by atoms with Gasteiger partial charge in [-0.15, -0.1) is 0 Å². The molecule has 1 N–H and O–H groups in total. The number of aliphatic hydroxyl groups is 1. The molecule has 2 nitrogen and oxygen atoms in total. The van der Waals surface area contributed by atoms with E-state index in [1.807, 2.05) is 6.92 Å². The van der Waals surface area contributed by atoms with Crippen molar-refractivity contribution >= 4 is 0 Å². The van der Waals surface area contributed by atoms with Crippen molar-refractivity contribution in [2.75, 3.05) is 13.1 Å². The van der Waals surface area contributed by atoms with Crippen molar-refractivity contribution in [3.05, 3.63) is 35.9 Å². The van der Waals surface area contributed by atoms with E-state index in [2.05, 4.69) is 35.2 Å². The minimum Gasteiger partial charge on any atom is -0.392 e. The summed E-state index contributed by atoms with van der Waals surface area (Å²) in [6, 6.07) is 11.1. The Balaban J connectivity index is 1.78. The summed E-state index contributed by atoms with van der Waals surface area (Å²) in [5, 5.41) is 9.82. The van der Waals surface area contributed by atoms with Gasteiger partial charge in [-0.2, -0.15) is 0 Å². The van der Waals surface area contributed by atoms with Crippen molar-refractivity contribution in [2.45, 2.75) is 51.2 Å². The van der Waals surface area contributed by atoms with Crippen molar-refractivity contribution in [2.24, 2.45) is 0 Å². The summed E-state index contributed by atoms with van der Waals surface area (Å²) < 4.78 is 0. The van der Waals surface area contributed by atoms with Crippen LogP contribution in [0.25, 0.3) is 0 Å². The molecule has 1 saturated heterocycles. The van der Waals surface area contributed by atoms with Crippen molar-refractivity contribution in [3.63, 3.8) is 0 Å². The minimum absolute atomic E-state index is 0.193. The van der Waals surface area contributed by atoms with E-state index in [4.69, 9.17) is 0 Å². The van der Waals surface area contributed by atoms with Gasteiger partial charge >= 0.3 is 0 Å². The first-order valence-electron chi connectivity index (χ1n) is 7.23. The summed E-state index contributed by atoms with van der Waals surface area (Å²) in [7, 11) is 0. The molecule has 1 aromatic carbocycles. The van der Waals surface area contributed by atoms with Gasteiger partial charge in [-0.3, -0.25) is 4.90 Å². The van der Waals surface area contributed by atoms with Crippen LogP contribution in [-0.4, -0.2) is 35.2 Å². The fourth-order valence-corrected chi connectivity index (χ4v) is 2.97. The number of rotatable bonds is 5. The van der Waals surface area contributed by atoms with E-state index in [-0.39, 0.29) is 6.10 Å². The Kier molecular flexibility index (Phi) is 5.21. The van der Waals surface area contributed by atoms with Crippen LogP contribution in [-0.2, 0) is 6.42 Å². The first-order chi connectivity index (χ1) is 8.77. The molecule has 1 aromatic rings. The summed E-state index contributed by atoms with van der Waals surface area (Å²) in [5.74, 6) is 0. The molecule has 0 saturated carbocycles. The molecular weight excluding hydrogens is 222 g/mol. The third kappa shape index (κ3) is 3.82. The zero-order chi connectivity index (χ0) is 12.8. The lowest BCUT2D eigenvalue weighted by molar-refractivity contribution is 0.0359. The Morgan fingerprint density at radius 1 is 1.28 bits per heavy atom. The Labute approximate surface area is 111 Å². The number of likely N-dealkylation sites (tertiary alicyclic amines) is 1. The minimum atomic E-state index is -0.193. The van der Waals surface area contributed by atoms with Crippen LogP contribution in [0.4, 0.5) is 0 Å². The lowest BCUT2D eigenvalue weighted by atomic mass is 9.97. The maximum Gasteiger partial charge on any atom is 0.0667 e. The summed E-state index contributed by atoms with van der Waals surface area (Å²) >= 11 is 0. The van der Waals surface area contributed by atoms with Crippen molar-refractivity contribution in [1.29, 1.82) is 0 Å². The lowest BCUT2D eigenvalue weighted by Gasteiger charge is -2.37. The van der Waals surface area contributed by atoms with Crippen LogP contribution in [0.5, 0.6) is 0 Å². The van der Waals surface area contributed by atoms with Gasteiger partial charge in [0, 0.05) is 6.04 Å². The molecule has 0 bridgehead atoms. The average molecular weight is 247 g/mol. The van der Waals surface area contributed by atoms with Crippen LogP contribution in [0.15, 0.2) is 30.3 Å². The highest BCUT2D eigenvalue weighted by Gasteiger charge is 2.25. The highest BCUT2D eigenvalue weighted by atomic mass is 16.3. The van der Waals surface area contributed by atoms with E-state index in [9.17, 15) is 5.11 Å². The molecule has 1 fully saturated rings. The van der Waals surface area contributed by atoms with E-state index < -0.39 is 0 Å². The van der Waals surface area contributed by atoms with Crippen LogP contribution in [0.1, 0.15) is 38.2 Å². The number of nitrogens with zero attached hydrogens (tertiary/aromatic N) is 1. The average Bonchev–Trinajstić information content (AvgIpc) is 2.40. The van der Waals surface area contributed by atoms with Crippen LogP contribution in [0.2, 0.25) is 0 Å². The Morgan fingerprint density at radius 3 is 2.78 bits per heavy atom. The van der Waals surface area contributed by atoms with Gasteiger partial charge in [0.15, 0.2) is 0 Å². The molecule has 2 atom stereocenters. The smallest absolute Gasteiger partial charge is 0.0667 e. The third-order valence-corrected chi connectivity index (χ3v) is 3.97. The number of benzene rings is 1. The molecule has 100 valence electrons. The third-order valence-electron chi connectivity index (χ3n) is 3.97. The molecule has 0 amide bonds. The van der Waals surface area contributed by atoms with Gasteiger partial charge in [0.1, 0.15) is 0 Å². The summed E-state index contributed by atoms with van der Waals surface area (Å²) in [5.41, 5.74) is 1.42. The van der Waals surface area contributed by atoms with E-state index in [1.165, 1.54) is 24.8 Å². The van der Waals surface area contributed by atoms with Gasteiger partial charge in [-0.05, 0) is 51.3 Å². The molecule has 2 heteroatoms. The first-order valence-corrected chi connectivity index (χ1v) is 7.23. The summed E-state index contributed by atoms with van der Waals surface area (Å²) in [6.45, 7) is 4.20. The molecule has 1 aliphatic heterocycles. The standard InChI is InChI=1S/C16H25NO/c1-14(18)16-11-5-6-12-17(16)13-7-10-15-8-3-2-4-9-15/h2-4,8-9,14,16,18H,5-7,10-13H2,1H3. The molecule has 1 heterocycles. The maximum atomic E-state index is 9.82. The van der Waals surface area contributed by atoms with Gasteiger partial charge in [0.2, 0.25) is 0 Å². The predicted octanol–water partition coefficient (Wildman–Crippen LogP) is 2.85. The van der Waals surface area contributed by atoms with Gasteiger partial charge < -0.3 is 5.11 Å². The largest absolute Gasteiger partial charge is 0.392 e. The van der Waals surface area contributed by atoms with E-state index in [0.29, 0.717) is 6.04 Å². The highest BCUT2D eigenvalue weighted by molar-refractivity contribution is 5.14. The van der Waals surface area contributed by atoms with E-state index >= 15 is 0 Å². The molecule has 18 heavy (non-hydrogen) atoms. The van der Waals surface area contributed by atoms with Crippen molar-refractivity contribution in [3.8, 4) is 0 Å². The van der Waals surface area contributed by atoms with E-state index in [1.54, 1.807) is 0 Å². The number of aliphatic hydroxyl groups excluding tert-OH is 1. The molecule has 2 unspecified atom stereocenters. The lowest BCUT2D eigenvalue weighted by Crippen LogP contribution is -2.46. The molecule has 0 radical (unpaired) electrons. The molecule has 0 spiro atoms. The first kappa shape index (κ1) is 13.6. The molecule has 2 rings (SSSR count). The Hall–Kier alpha value is -0.860. The number of aryl methyl sites for hydroxylation is 1. The zero-order valence-electron chi connectivity index (χ0n) is 11.4. The molecule has 1 aliphatic rings. The van der Waals surface area contributed by atoms with Crippen LogP contribution < -0.4 is 0 Å². The van der Waals surface area contributed by atoms with Crippen molar-refractivity contribution in [1.82, 2.24) is 4.90 Å². The maximum absolute atomic E-state index is 9.82. The van der Waals surface area contributed by atoms with Crippen LogP contribution in [0.3, 0.4) is 0 Å². The van der Waals surface area contributed by atoms with Crippen LogP contribution >= 0.6 is 0 Å². The number of piperidine rings is 1. The Bertz CT molecular complexity index is 336. The fourth-order valence-electron chi connectivity index (χ4n) is 2.97. The Morgan fingerprint density at radius 2 is 2.06 bits per heavy atom. The topological polar surface area (TPSA) is 23.5 Å². The number of hydrogen-bond donors (Lipinski definition) is 1. The highest BCUT2D eigenvalue weighted by Crippen LogP contribution is 2.20. The van der Waals surface area contributed by atoms with Gasteiger partial charge in [0.25, 0.3) is 0 Å². The predicted molar refractivity (Wildman–Crippen MR) is 75.7 cm³/mol. The molecule has 0 aromatic heterocycles. The zero-order valence-corrected chi connectivity index (χ0v) is 11.4. The van der Waals surface area contributed by atoms with Crippen LogP contribution in [0, 0.1) is 0 Å².